The number of aromatic nitrogens is 2. The lowest BCUT2D eigenvalue weighted by Gasteiger charge is -2.11. The summed E-state index contributed by atoms with van der Waals surface area (Å²) in [7, 11) is 3.81. The van der Waals surface area contributed by atoms with Crippen LogP contribution < -0.4 is 10.6 Å². The van der Waals surface area contributed by atoms with E-state index in [1.165, 1.54) is 5.56 Å². The van der Waals surface area contributed by atoms with Crippen LogP contribution in [0.2, 0.25) is 0 Å². The van der Waals surface area contributed by atoms with Crippen molar-refractivity contribution >= 4 is 52.3 Å². The Bertz CT molecular complexity index is 779. The van der Waals surface area contributed by atoms with Crippen molar-refractivity contribution in [3.8, 4) is 0 Å². The maximum Gasteiger partial charge on any atom is 0.191 e. The first-order valence-corrected chi connectivity index (χ1v) is 8.08. The van der Waals surface area contributed by atoms with Crippen LogP contribution in [0.5, 0.6) is 0 Å². The highest BCUT2D eigenvalue weighted by molar-refractivity contribution is 14.0. The van der Waals surface area contributed by atoms with Gasteiger partial charge in [-0.1, -0.05) is 12.1 Å². The monoisotopic (exact) mass is 441 g/mol. The molecule has 0 aliphatic rings. The van der Waals surface area contributed by atoms with Gasteiger partial charge in [-0.05, 0) is 34.5 Å². The number of nitrogens with one attached hydrogen (secondary N) is 2. The highest BCUT2D eigenvalue weighted by Gasteiger charge is 2.07. The number of hydrogen-bond acceptors (Lipinski definition) is 3. The Hall–Kier alpha value is -1.61. The van der Waals surface area contributed by atoms with E-state index in [0.29, 0.717) is 6.54 Å². The summed E-state index contributed by atoms with van der Waals surface area (Å²) in [5.41, 5.74) is 3.42. The number of guanidine groups is 1. The van der Waals surface area contributed by atoms with Gasteiger partial charge in [0, 0.05) is 20.6 Å². The maximum atomic E-state index is 4.65. The van der Waals surface area contributed by atoms with E-state index in [0.717, 1.165) is 29.4 Å². The number of fused-ring (bicyclic) bond motifs is 1. The summed E-state index contributed by atoms with van der Waals surface area (Å²) >= 11 is 1.70. The molecule has 2 N–H and O–H groups in total. The minimum absolute atomic E-state index is 0. The second-order valence-corrected chi connectivity index (χ2v) is 5.77. The van der Waals surface area contributed by atoms with Crippen LogP contribution in [-0.2, 0) is 20.1 Å². The predicted molar refractivity (Wildman–Crippen MR) is 107 cm³/mol. The molecule has 3 aromatic rings. The van der Waals surface area contributed by atoms with E-state index >= 15 is 0 Å². The molecule has 0 amide bonds. The molecule has 0 saturated carbocycles. The van der Waals surface area contributed by atoms with E-state index in [1.807, 2.05) is 25.2 Å². The van der Waals surface area contributed by atoms with E-state index in [2.05, 4.69) is 48.1 Å². The first-order valence-electron chi connectivity index (χ1n) is 7.14. The Morgan fingerprint density at radius 1 is 1.22 bits per heavy atom. The summed E-state index contributed by atoms with van der Waals surface area (Å²) < 4.78 is 2.11. The van der Waals surface area contributed by atoms with Crippen molar-refractivity contribution in [1.82, 2.24) is 20.2 Å². The first kappa shape index (κ1) is 17.7. The van der Waals surface area contributed by atoms with E-state index < -0.39 is 0 Å². The van der Waals surface area contributed by atoms with Crippen molar-refractivity contribution < 1.29 is 0 Å². The maximum absolute atomic E-state index is 4.65. The van der Waals surface area contributed by atoms with Crippen molar-refractivity contribution in [3.63, 3.8) is 0 Å². The molecular weight excluding hydrogens is 421 g/mol. The van der Waals surface area contributed by atoms with E-state index in [-0.39, 0.29) is 24.0 Å². The van der Waals surface area contributed by atoms with E-state index in [9.17, 15) is 0 Å². The third-order valence-corrected chi connectivity index (χ3v) is 4.29. The fourth-order valence-electron chi connectivity index (χ4n) is 2.32. The molecule has 5 nitrogen and oxygen atoms in total. The van der Waals surface area contributed by atoms with Crippen LogP contribution in [0.15, 0.2) is 46.1 Å². The van der Waals surface area contributed by atoms with E-state index in [4.69, 9.17) is 0 Å². The van der Waals surface area contributed by atoms with E-state index in [1.54, 1.807) is 18.4 Å². The zero-order chi connectivity index (χ0) is 15.4. The fourth-order valence-corrected chi connectivity index (χ4v) is 2.98. The average Bonchev–Trinajstić information content (AvgIpc) is 3.17. The van der Waals surface area contributed by atoms with Gasteiger partial charge in [-0.25, -0.2) is 4.98 Å². The topological polar surface area (TPSA) is 54.2 Å². The molecule has 0 aliphatic carbocycles. The van der Waals surface area contributed by atoms with Crippen molar-refractivity contribution in [3.05, 3.63) is 52.5 Å². The number of imidazole rings is 1. The first-order chi connectivity index (χ1) is 10.8. The van der Waals surface area contributed by atoms with Gasteiger partial charge in [0.15, 0.2) is 5.96 Å². The Morgan fingerprint density at radius 2 is 2.00 bits per heavy atom. The Balaban J connectivity index is 0.00000192. The number of hydrogen-bond donors (Lipinski definition) is 2. The molecular formula is C16H20IN5S. The van der Waals surface area contributed by atoms with Crippen LogP contribution in [0.4, 0.5) is 0 Å². The molecule has 0 saturated heterocycles. The van der Waals surface area contributed by atoms with Crippen LogP contribution in [0.1, 0.15) is 11.4 Å². The third-order valence-electron chi connectivity index (χ3n) is 3.56. The summed E-state index contributed by atoms with van der Waals surface area (Å²) in [6.45, 7) is 1.40. The molecule has 0 atom stereocenters. The molecule has 1 aromatic carbocycles. The molecule has 7 heteroatoms. The van der Waals surface area contributed by atoms with Gasteiger partial charge in [0.25, 0.3) is 0 Å². The quantitative estimate of drug-likeness (QED) is 0.372. The zero-order valence-corrected chi connectivity index (χ0v) is 16.3. The molecule has 0 bridgehead atoms. The number of halogens is 1. The molecule has 3 rings (SSSR count). The molecule has 0 spiro atoms. The van der Waals surface area contributed by atoms with Gasteiger partial charge in [0.2, 0.25) is 0 Å². The van der Waals surface area contributed by atoms with Crippen LogP contribution in [-0.4, -0.2) is 22.6 Å². The highest BCUT2D eigenvalue weighted by atomic mass is 127. The highest BCUT2D eigenvalue weighted by Crippen LogP contribution is 2.13. The number of para-hydroxylation sites is 2. The van der Waals surface area contributed by atoms with Crippen LogP contribution >= 0.6 is 35.3 Å². The normalized spacial score (nSPS) is 11.3. The Kier molecular flexibility index (Phi) is 6.40. The number of thiophene rings is 1. The number of nitrogens with zero attached hydrogens (tertiary/aromatic N) is 3. The molecule has 122 valence electrons. The minimum Gasteiger partial charge on any atom is -0.352 e. The number of aryl methyl sites for hydroxylation is 1. The van der Waals surface area contributed by atoms with Gasteiger partial charge in [-0.2, -0.15) is 11.3 Å². The number of benzene rings is 1. The molecule has 0 aliphatic heterocycles. The summed E-state index contributed by atoms with van der Waals surface area (Å²) in [4.78, 5) is 8.89. The number of rotatable bonds is 4. The number of aliphatic imine (C=N–C) groups is 1. The standard InChI is InChI=1S/C16H19N5S.HI/c1-17-16(18-9-12-7-8-22-11-12)19-10-15-20-13-5-3-4-6-14(13)21(15)2;/h3-8,11H,9-10H2,1-2H3,(H2,17,18,19);1H. The van der Waals surface area contributed by atoms with Crippen molar-refractivity contribution in [2.45, 2.75) is 13.1 Å². The lowest BCUT2D eigenvalue weighted by atomic mass is 10.3. The second-order valence-electron chi connectivity index (χ2n) is 4.99. The van der Waals surface area contributed by atoms with Crippen LogP contribution in [0, 0.1) is 0 Å². The van der Waals surface area contributed by atoms with Gasteiger partial charge in [-0.15, -0.1) is 24.0 Å². The van der Waals surface area contributed by atoms with Gasteiger partial charge in [-0.3, -0.25) is 4.99 Å². The lowest BCUT2D eigenvalue weighted by Crippen LogP contribution is -2.36. The summed E-state index contributed by atoms with van der Waals surface area (Å²) in [6.07, 6.45) is 0. The van der Waals surface area contributed by atoms with Gasteiger partial charge in [0.05, 0.1) is 17.6 Å². The smallest absolute Gasteiger partial charge is 0.191 e. The Morgan fingerprint density at radius 3 is 2.70 bits per heavy atom. The van der Waals surface area contributed by atoms with Crippen molar-refractivity contribution in [2.75, 3.05) is 7.05 Å². The molecule has 0 radical (unpaired) electrons. The van der Waals surface area contributed by atoms with Crippen LogP contribution in [0.25, 0.3) is 11.0 Å². The van der Waals surface area contributed by atoms with Gasteiger partial charge >= 0.3 is 0 Å². The SMILES string of the molecule is CN=C(NCc1ccsc1)NCc1nc2ccccc2n1C.I. The largest absolute Gasteiger partial charge is 0.352 e. The molecule has 0 fully saturated rings. The molecule has 0 unspecified atom stereocenters. The van der Waals surface area contributed by atoms with Crippen molar-refractivity contribution in [2.24, 2.45) is 12.0 Å². The zero-order valence-electron chi connectivity index (χ0n) is 13.1. The van der Waals surface area contributed by atoms with Crippen LogP contribution in [0.3, 0.4) is 0 Å². The predicted octanol–water partition coefficient (Wildman–Crippen LogP) is 3.12. The third kappa shape index (κ3) is 4.23. The molecule has 2 aromatic heterocycles. The van der Waals surface area contributed by atoms with Gasteiger partial charge < -0.3 is 15.2 Å². The minimum atomic E-state index is 0. The molecule has 2 heterocycles. The summed E-state index contributed by atoms with van der Waals surface area (Å²) in [5, 5.41) is 10.8. The fraction of sp³-hybridized carbons (Fsp3) is 0.250. The summed E-state index contributed by atoms with van der Waals surface area (Å²) in [5.74, 6) is 1.76. The van der Waals surface area contributed by atoms with Crippen molar-refractivity contribution in [1.29, 1.82) is 0 Å². The average molecular weight is 441 g/mol. The lowest BCUT2D eigenvalue weighted by molar-refractivity contribution is 0.737. The van der Waals surface area contributed by atoms with Gasteiger partial charge in [0.1, 0.15) is 5.82 Å². The Labute approximate surface area is 156 Å². The summed E-state index contributed by atoms with van der Waals surface area (Å²) in [6, 6.07) is 10.3. The molecule has 23 heavy (non-hydrogen) atoms. The second kappa shape index (κ2) is 8.30.